The maximum atomic E-state index is 9.15. The van der Waals surface area contributed by atoms with E-state index in [-0.39, 0.29) is 5.88 Å². The molecule has 0 aliphatic rings. The number of nitrogens with zero attached hydrogens (tertiary/aromatic N) is 1. The van der Waals surface area contributed by atoms with E-state index in [9.17, 15) is 0 Å². The Morgan fingerprint density at radius 2 is 2.08 bits per heavy atom. The van der Waals surface area contributed by atoms with Gasteiger partial charge in [0.2, 0.25) is 5.88 Å². The molecule has 2 rings (SSSR count). The van der Waals surface area contributed by atoms with Gasteiger partial charge in [0, 0.05) is 11.5 Å². The summed E-state index contributed by atoms with van der Waals surface area (Å²) in [5.41, 5.74) is 2.14. The Kier molecular flexibility index (Phi) is 1.89. The lowest BCUT2D eigenvalue weighted by Crippen LogP contribution is -1.82. The Balaban J connectivity index is 2.66. The van der Waals surface area contributed by atoms with Crippen molar-refractivity contribution in [3.8, 4) is 5.88 Å². The zero-order chi connectivity index (χ0) is 9.26. The lowest BCUT2D eigenvalue weighted by Gasteiger charge is -2.00. The van der Waals surface area contributed by atoms with Gasteiger partial charge in [-0.05, 0) is 30.2 Å². The minimum atomic E-state index is 0.0803. The predicted octanol–water partition coefficient (Wildman–Crippen LogP) is 2.50. The van der Waals surface area contributed by atoms with Crippen LogP contribution in [0.25, 0.3) is 10.9 Å². The minimum Gasteiger partial charge on any atom is -0.493 e. The van der Waals surface area contributed by atoms with Crippen molar-refractivity contribution in [2.45, 2.75) is 13.3 Å². The van der Waals surface area contributed by atoms with Crippen molar-refractivity contribution in [3.63, 3.8) is 0 Å². The van der Waals surface area contributed by atoms with E-state index in [0.29, 0.717) is 0 Å². The average molecular weight is 173 g/mol. The molecule has 0 radical (unpaired) electrons. The fourth-order valence-electron chi connectivity index (χ4n) is 1.38. The first-order valence-corrected chi connectivity index (χ1v) is 4.38. The molecule has 0 saturated carbocycles. The standard InChI is InChI=1S/C11H11NO/c1-2-8-3-5-10-9(7-8)4-6-11(13)12-10/h3-7H,2H2,1H3,(H,12,13). The highest BCUT2D eigenvalue weighted by atomic mass is 16.3. The van der Waals surface area contributed by atoms with Crippen LogP contribution < -0.4 is 0 Å². The van der Waals surface area contributed by atoms with Crippen LogP contribution in [0.1, 0.15) is 12.5 Å². The summed E-state index contributed by atoms with van der Waals surface area (Å²) < 4.78 is 0. The van der Waals surface area contributed by atoms with Gasteiger partial charge in [-0.2, -0.15) is 0 Å². The van der Waals surface area contributed by atoms with Crippen LogP contribution in [0, 0.1) is 0 Å². The van der Waals surface area contributed by atoms with E-state index in [2.05, 4.69) is 18.0 Å². The van der Waals surface area contributed by atoms with E-state index >= 15 is 0 Å². The molecule has 2 nitrogen and oxygen atoms in total. The Morgan fingerprint density at radius 3 is 2.85 bits per heavy atom. The topological polar surface area (TPSA) is 33.1 Å². The number of aromatic hydroxyl groups is 1. The summed E-state index contributed by atoms with van der Waals surface area (Å²) in [7, 11) is 0. The van der Waals surface area contributed by atoms with Crippen LogP contribution >= 0.6 is 0 Å². The molecule has 1 N–H and O–H groups in total. The summed E-state index contributed by atoms with van der Waals surface area (Å²) in [5, 5.41) is 10.2. The number of aryl methyl sites for hydroxylation is 1. The van der Waals surface area contributed by atoms with Crippen molar-refractivity contribution in [1.82, 2.24) is 4.98 Å². The fraction of sp³-hybridized carbons (Fsp3) is 0.182. The largest absolute Gasteiger partial charge is 0.493 e. The highest BCUT2D eigenvalue weighted by Crippen LogP contribution is 2.17. The molecule has 0 saturated heterocycles. The summed E-state index contributed by atoms with van der Waals surface area (Å²) in [4.78, 5) is 4.01. The van der Waals surface area contributed by atoms with Crippen molar-refractivity contribution < 1.29 is 5.11 Å². The van der Waals surface area contributed by atoms with Gasteiger partial charge < -0.3 is 5.11 Å². The smallest absolute Gasteiger partial charge is 0.211 e. The van der Waals surface area contributed by atoms with Crippen LogP contribution in [0.4, 0.5) is 0 Å². The molecule has 13 heavy (non-hydrogen) atoms. The second-order valence-electron chi connectivity index (χ2n) is 3.05. The van der Waals surface area contributed by atoms with Gasteiger partial charge in [0.25, 0.3) is 0 Å². The number of benzene rings is 1. The van der Waals surface area contributed by atoms with Gasteiger partial charge in [-0.3, -0.25) is 0 Å². The molecule has 0 aliphatic carbocycles. The first-order chi connectivity index (χ1) is 6.29. The molecule has 0 spiro atoms. The number of aromatic nitrogens is 1. The highest BCUT2D eigenvalue weighted by molar-refractivity contribution is 5.79. The normalized spacial score (nSPS) is 10.5. The third-order valence-electron chi connectivity index (χ3n) is 2.15. The summed E-state index contributed by atoms with van der Waals surface area (Å²) in [6.07, 6.45) is 1.02. The Bertz CT molecular complexity index is 437. The average Bonchev–Trinajstić information content (AvgIpc) is 2.17. The van der Waals surface area contributed by atoms with E-state index in [0.717, 1.165) is 17.3 Å². The Labute approximate surface area is 76.9 Å². The third-order valence-corrected chi connectivity index (χ3v) is 2.15. The van der Waals surface area contributed by atoms with E-state index < -0.39 is 0 Å². The molecule has 1 aromatic carbocycles. The second-order valence-corrected chi connectivity index (χ2v) is 3.05. The molecule has 0 amide bonds. The summed E-state index contributed by atoms with van der Waals surface area (Å²) in [6.45, 7) is 2.12. The number of hydrogen-bond acceptors (Lipinski definition) is 2. The Morgan fingerprint density at radius 1 is 1.23 bits per heavy atom. The van der Waals surface area contributed by atoms with E-state index in [1.165, 1.54) is 5.56 Å². The van der Waals surface area contributed by atoms with Gasteiger partial charge in [-0.1, -0.05) is 13.0 Å². The van der Waals surface area contributed by atoms with Crippen LogP contribution in [-0.2, 0) is 6.42 Å². The molecular formula is C11H11NO. The third kappa shape index (κ3) is 1.47. The van der Waals surface area contributed by atoms with E-state index in [4.69, 9.17) is 5.11 Å². The van der Waals surface area contributed by atoms with Gasteiger partial charge in [0.15, 0.2) is 0 Å². The fourth-order valence-corrected chi connectivity index (χ4v) is 1.38. The van der Waals surface area contributed by atoms with Crippen LogP contribution in [0.3, 0.4) is 0 Å². The molecule has 2 aromatic rings. The molecule has 1 heterocycles. The van der Waals surface area contributed by atoms with Gasteiger partial charge in [-0.25, -0.2) is 4.98 Å². The van der Waals surface area contributed by atoms with Gasteiger partial charge in [0.05, 0.1) is 5.52 Å². The van der Waals surface area contributed by atoms with Gasteiger partial charge in [-0.15, -0.1) is 0 Å². The SMILES string of the molecule is CCc1ccc2nc(O)ccc2c1. The Hall–Kier alpha value is -1.57. The monoisotopic (exact) mass is 173 g/mol. The van der Waals surface area contributed by atoms with Crippen LogP contribution in [0.15, 0.2) is 30.3 Å². The van der Waals surface area contributed by atoms with Gasteiger partial charge >= 0.3 is 0 Å². The number of hydrogen-bond donors (Lipinski definition) is 1. The first kappa shape index (κ1) is 8.05. The lowest BCUT2D eigenvalue weighted by atomic mass is 10.1. The van der Waals surface area contributed by atoms with E-state index in [1.54, 1.807) is 6.07 Å². The van der Waals surface area contributed by atoms with Crippen molar-refractivity contribution in [3.05, 3.63) is 35.9 Å². The zero-order valence-electron chi connectivity index (χ0n) is 7.49. The first-order valence-electron chi connectivity index (χ1n) is 4.38. The number of pyridine rings is 1. The van der Waals surface area contributed by atoms with Gasteiger partial charge in [0.1, 0.15) is 0 Å². The molecule has 66 valence electrons. The summed E-state index contributed by atoms with van der Waals surface area (Å²) in [5.74, 6) is 0.0803. The van der Waals surface area contributed by atoms with Crippen LogP contribution in [0.5, 0.6) is 5.88 Å². The lowest BCUT2D eigenvalue weighted by molar-refractivity contribution is 0.456. The highest BCUT2D eigenvalue weighted by Gasteiger charge is 1.97. The number of rotatable bonds is 1. The molecule has 1 aromatic heterocycles. The number of fused-ring (bicyclic) bond motifs is 1. The summed E-state index contributed by atoms with van der Waals surface area (Å²) in [6, 6.07) is 9.57. The molecule has 0 aliphatic heterocycles. The van der Waals surface area contributed by atoms with Crippen molar-refractivity contribution in [2.24, 2.45) is 0 Å². The molecule has 0 fully saturated rings. The van der Waals surface area contributed by atoms with Crippen LogP contribution in [-0.4, -0.2) is 10.1 Å². The quantitative estimate of drug-likeness (QED) is 0.718. The zero-order valence-corrected chi connectivity index (χ0v) is 7.49. The second kappa shape index (κ2) is 3.05. The summed E-state index contributed by atoms with van der Waals surface area (Å²) >= 11 is 0. The van der Waals surface area contributed by atoms with E-state index in [1.807, 2.05) is 18.2 Å². The van der Waals surface area contributed by atoms with Crippen LogP contribution in [0.2, 0.25) is 0 Å². The van der Waals surface area contributed by atoms with Crippen molar-refractivity contribution >= 4 is 10.9 Å². The predicted molar refractivity (Wildman–Crippen MR) is 52.8 cm³/mol. The van der Waals surface area contributed by atoms with Crippen molar-refractivity contribution in [2.75, 3.05) is 0 Å². The molecule has 0 atom stereocenters. The van der Waals surface area contributed by atoms with Crippen molar-refractivity contribution in [1.29, 1.82) is 0 Å². The maximum absolute atomic E-state index is 9.15. The molecular weight excluding hydrogens is 162 g/mol. The minimum absolute atomic E-state index is 0.0803. The maximum Gasteiger partial charge on any atom is 0.211 e. The molecule has 0 bridgehead atoms. The molecule has 0 unspecified atom stereocenters. The molecule has 2 heteroatoms.